The van der Waals surface area contributed by atoms with E-state index >= 15 is 0 Å². The van der Waals surface area contributed by atoms with Crippen molar-refractivity contribution in [1.29, 1.82) is 0 Å². The maximum atomic E-state index is 12.4. The van der Waals surface area contributed by atoms with Crippen molar-refractivity contribution in [1.82, 2.24) is 5.32 Å². The molecule has 3 N–H and O–H groups in total. The number of hydrogen-bond acceptors (Lipinski definition) is 3. The third-order valence-electron chi connectivity index (χ3n) is 4.50. The van der Waals surface area contributed by atoms with Gasteiger partial charge in [-0.15, -0.1) is 0 Å². The van der Waals surface area contributed by atoms with Crippen molar-refractivity contribution in [2.24, 2.45) is 11.7 Å². The van der Waals surface area contributed by atoms with Gasteiger partial charge < -0.3 is 15.5 Å². The van der Waals surface area contributed by atoms with E-state index < -0.39 is 0 Å². The predicted octanol–water partition coefficient (Wildman–Crippen LogP) is 3.85. The van der Waals surface area contributed by atoms with Crippen molar-refractivity contribution in [2.45, 2.75) is 31.7 Å². The highest BCUT2D eigenvalue weighted by Crippen LogP contribution is 2.29. The van der Waals surface area contributed by atoms with Gasteiger partial charge in [0.25, 0.3) is 5.91 Å². The third-order valence-corrected chi connectivity index (χ3v) is 4.83. The van der Waals surface area contributed by atoms with Crippen LogP contribution in [0.4, 0.5) is 0 Å². The molecule has 1 fully saturated rings. The van der Waals surface area contributed by atoms with Gasteiger partial charge >= 0.3 is 0 Å². The Morgan fingerprint density at radius 2 is 2.00 bits per heavy atom. The number of hydrogen-bond donors (Lipinski definition) is 2. The molecule has 5 heteroatoms. The molecule has 0 bridgehead atoms. The number of halogens is 1. The Morgan fingerprint density at radius 1 is 1.22 bits per heavy atom. The van der Waals surface area contributed by atoms with Crippen LogP contribution >= 0.6 is 11.6 Å². The molecule has 0 aliphatic heterocycles. The van der Waals surface area contributed by atoms with Crippen LogP contribution in [0.5, 0.6) is 0 Å². The van der Waals surface area contributed by atoms with E-state index in [0.717, 1.165) is 24.8 Å². The van der Waals surface area contributed by atoms with Crippen LogP contribution in [0, 0.1) is 5.92 Å². The van der Waals surface area contributed by atoms with Crippen LogP contribution in [-0.2, 0) is 0 Å². The lowest BCUT2D eigenvalue weighted by Gasteiger charge is -2.30. The first kappa shape index (κ1) is 16.1. The third kappa shape index (κ3) is 3.59. The monoisotopic (exact) mass is 332 g/mol. The molecule has 122 valence electrons. The summed E-state index contributed by atoms with van der Waals surface area (Å²) in [7, 11) is 0. The van der Waals surface area contributed by atoms with E-state index in [1.165, 1.54) is 6.42 Å². The van der Waals surface area contributed by atoms with Gasteiger partial charge in [-0.2, -0.15) is 0 Å². The first-order valence-corrected chi connectivity index (χ1v) is 8.42. The number of furan rings is 1. The van der Waals surface area contributed by atoms with E-state index in [0.29, 0.717) is 29.0 Å². The minimum Gasteiger partial charge on any atom is -0.451 e. The number of carbonyl (C=O) groups excluding carboxylic acids is 1. The van der Waals surface area contributed by atoms with E-state index in [9.17, 15) is 4.79 Å². The van der Waals surface area contributed by atoms with Crippen molar-refractivity contribution in [3.05, 3.63) is 47.2 Å². The fourth-order valence-corrected chi connectivity index (χ4v) is 3.41. The summed E-state index contributed by atoms with van der Waals surface area (Å²) in [6, 6.07) is 11.0. The highest BCUT2D eigenvalue weighted by Gasteiger charge is 2.26. The number of amides is 1. The minimum absolute atomic E-state index is 0.134. The Bertz CT molecular complexity index is 683. The normalized spacial score (nSPS) is 21.1. The van der Waals surface area contributed by atoms with Gasteiger partial charge in [-0.1, -0.05) is 36.6 Å². The fourth-order valence-electron chi connectivity index (χ4n) is 3.19. The van der Waals surface area contributed by atoms with Crippen molar-refractivity contribution in [3.8, 4) is 11.3 Å². The Kier molecular flexibility index (Phi) is 5.03. The van der Waals surface area contributed by atoms with Crippen molar-refractivity contribution >= 4 is 17.5 Å². The summed E-state index contributed by atoms with van der Waals surface area (Å²) < 4.78 is 5.70. The highest BCUT2D eigenvalue weighted by atomic mass is 35.5. The van der Waals surface area contributed by atoms with Crippen LogP contribution in [0.25, 0.3) is 11.3 Å². The molecular weight excluding hydrogens is 312 g/mol. The number of benzene rings is 1. The molecule has 1 aliphatic carbocycles. The van der Waals surface area contributed by atoms with Crippen LogP contribution in [-0.4, -0.2) is 18.5 Å². The molecule has 2 unspecified atom stereocenters. The summed E-state index contributed by atoms with van der Waals surface area (Å²) in [5.41, 5.74) is 6.60. The first-order chi connectivity index (χ1) is 11.2. The van der Waals surface area contributed by atoms with Gasteiger partial charge in [-0.25, -0.2) is 0 Å². The van der Waals surface area contributed by atoms with Crippen LogP contribution in [0.1, 0.15) is 36.2 Å². The maximum Gasteiger partial charge on any atom is 0.287 e. The van der Waals surface area contributed by atoms with Gasteiger partial charge in [-0.05, 0) is 49.6 Å². The molecule has 1 aromatic carbocycles. The van der Waals surface area contributed by atoms with Crippen molar-refractivity contribution in [2.75, 3.05) is 6.54 Å². The molecule has 2 atom stereocenters. The van der Waals surface area contributed by atoms with Crippen molar-refractivity contribution < 1.29 is 9.21 Å². The van der Waals surface area contributed by atoms with E-state index in [1.54, 1.807) is 18.2 Å². The largest absolute Gasteiger partial charge is 0.451 e. The van der Waals surface area contributed by atoms with Gasteiger partial charge in [0.15, 0.2) is 5.76 Å². The Labute approximate surface area is 141 Å². The molecule has 1 aliphatic rings. The smallest absolute Gasteiger partial charge is 0.287 e. The molecule has 0 saturated heterocycles. The van der Waals surface area contributed by atoms with E-state index in [2.05, 4.69) is 5.32 Å². The minimum atomic E-state index is -0.186. The molecule has 1 heterocycles. The second-order valence-electron chi connectivity index (χ2n) is 6.00. The Hall–Kier alpha value is -1.78. The van der Waals surface area contributed by atoms with Gasteiger partial charge in [-0.3, -0.25) is 4.79 Å². The fraction of sp³-hybridized carbons (Fsp3) is 0.389. The van der Waals surface area contributed by atoms with E-state index in [1.807, 2.05) is 18.2 Å². The molecule has 1 saturated carbocycles. The van der Waals surface area contributed by atoms with E-state index in [4.69, 9.17) is 21.8 Å². The van der Waals surface area contributed by atoms with Gasteiger partial charge in [0.05, 0.1) is 5.02 Å². The number of rotatable bonds is 4. The van der Waals surface area contributed by atoms with Gasteiger partial charge in [0, 0.05) is 11.6 Å². The SMILES string of the molecule is NCC1CCCCC1NC(=O)c1ccc(-c2ccccc2Cl)o1. The summed E-state index contributed by atoms with van der Waals surface area (Å²) in [5.74, 6) is 1.07. The second-order valence-corrected chi connectivity index (χ2v) is 6.41. The number of carbonyl (C=O) groups is 1. The van der Waals surface area contributed by atoms with Crippen LogP contribution in [0.2, 0.25) is 5.02 Å². The highest BCUT2D eigenvalue weighted by molar-refractivity contribution is 6.33. The summed E-state index contributed by atoms with van der Waals surface area (Å²) in [6.07, 6.45) is 4.37. The summed E-state index contributed by atoms with van der Waals surface area (Å²) in [6.45, 7) is 0.605. The molecule has 1 aromatic heterocycles. The van der Waals surface area contributed by atoms with Crippen LogP contribution < -0.4 is 11.1 Å². The molecule has 0 spiro atoms. The topological polar surface area (TPSA) is 68.3 Å². The molecule has 23 heavy (non-hydrogen) atoms. The molecule has 1 amide bonds. The quantitative estimate of drug-likeness (QED) is 0.893. The molecule has 3 rings (SSSR count). The Balaban J connectivity index is 1.72. The van der Waals surface area contributed by atoms with Crippen LogP contribution in [0.15, 0.2) is 40.8 Å². The summed E-state index contributed by atoms with van der Waals surface area (Å²) in [4.78, 5) is 12.4. The maximum absolute atomic E-state index is 12.4. The van der Waals surface area contributed by atoms with Gasteiger partial charge in [0.1, 0.15) is 5.76 Å². The van der Waals surface area contributed by atoms with Crippen LogP contribution in [0.3, 0.4) is 0 Å². The standard InChI is InChI=1S/C18H21ClN2O2/c19-14-7-3-2-6-13(14)16-9-10-17(23-16)18(22)21-15-8-4-1-5-12(15)11-20/h2-3,6-7,9-10,12,15H,1,4-5,8,11,20H2,(H,21,22). The number of nitrogens with two attached hydrogens (primary N) is 1. The average molecular weight is 333 g/mol. The molecule has 2 aromatic rings. The average Bonchev–Trinajstić information content (AvgIpc) is 3.05. The Morgan fingerprint density at radius 3 is 2.78 bits per heavy atom. The zero-order valence-corrected chi connectivity index (χ0v) is 13.7. The molecule has 0 radical (unpaired) electrons. The molecular formula is C18H21ClN2O2. The lowest BCUT2D eigenvalue weighted by Crippen LogP contribution is -2.44. The lowest BCUT2D eigenvalue weighted by atomic mass is 9.84. The first-order valence-electron chi connectivity index (χ1n) is 8.04. The molecule has 4 nitrogen and oxygen atoms in total. The van der Waals surface area contributed by atoms with Crippen molar-refractivity contribution in [3.63, 3.8) is 0 Å². The predicted molar refractivity (Wildman–Crippen MR) is 91.4 cm³/mol. The zero-order chi connectivity index (χ0) is 16.2. The zero-order valence-electron chi connectivity index (χ0n) is 12.9. The lowest BCUT2D eigenvalue weighted by molar-refractivity contribution is 0.0880. The van der Waals surface area contributed by atoms with E-state index in [-0.39, 0.29) is 11.9 Å². The number of nitrogens with one attached hydrogen (secondary N) is 1. The summed E-state index contributed by atoms with van der Waals surface area (Å²) >= 11 is 6.17. The second kappa shape index (κ2) is 7.20. The summed E-state index contributed by atoms with van der Waals surface area (Å²) in [5, 5.41) is 3.67. The van der Waals surface area contributed by atoms with Gasteiger partial charge in [0.2, 0.25) is 0 Å².